The van der Waals surface area contributed by atoms with Gasteiger partial charge in [-0.1, -0.05) is 11.2 Å². The van der Waals surface area contributed by atoms with E-state index in [0.29, 0.717) is 4.88 Å². The normalized spacial score (nSPS) is 11.3. The third kappa shape index (κ3) is 3.92. The molecule has 3 rings (SSSR count). The average molecular weight is 396 g/mol. The van der Waals surface area contributed by atoms with Gasteiger partial charge in [0.05, 0.1) is 17.2 Å². The molecule has 0 aliphatic carbocycles. The Morgan fingerprint density at radius 1 is 1.31 bits per heavy atom. The minimum atomic E-state index is -3.89. The van der Waals surface area contributed by atoms with Crippen LogP contribution >= 0.6 is 11.3 Å². The Labute approximate surface area is 152 Å². The van der Waals surface area contributed by atoms with Crippen LogP contribution in [-0.2, 0) is 14.8 Å². The highest BCUT2D eigenvalue weighted by molar-refractivity contribution is 7.94. The summed E-state index contributed by atoms with van der Waals surface area (Å²) < 4.78 is 50.2. The molecule has 0 saturated carbocycles. The van der Waals surface area contributed by atoms with E-state index in [-0.39, 0.29) is 28.0 Å². The summed E-state index contributed by atoms with van der Waals surface area (Å²) >= 11 is 0.925. The SMILES string of the molecule is CCOC(=O)c1cc(-c2ccc(S(=O)(=O)Nc3cccc(F)c3)s2)on1. The van der Waals surface area contributed by atoms with E-state index in [2.05, 4.69) is 9.88 Å². The molecule has 1 N–H and O–H groups in total. The first-order chi connectivity index (χ1) is 12.4. The van der Waals surface area contributed by atoms with Gasteiger partial charge in [-0.15, -0.1) is 11.3 Å². The highest BCUT2D eigenvalue weighted by Crippen LogP contribution is 2.32. The van der Waals surface area contributed by atoms with Gasteiger partial charge in [-0.05, 0) is 37.3 Å². The Balaban J connectivity index is 1.82. The lowest BCUT2D eigenvalue weighted by Gasteiger charge is -2.05. The van der Waals surface area contributed by atoms with E-state index in [1.54, 1.807) is 6.92 Å². The van der Waals surface area contributed by atoms with Crippen molar-refractivity contribution in [1.82, 2.24) is 5.16 Å². The summed E-state index contributed by atoms with van der Waals surface area (Å²) in [6.07, 6.45) is 0. The molecule has 0 spiro atoms. The first-order valence-electron chi connectivity index (χ1n) is 7.41. The topological polar surface area (TPSA) is 98.5 Å². The summed E-state index contributed by atoms with van der Waals surface area (Å²) in [5.74, 6) is -0.935. The maximum atomic E-state index is 13.2. The molecule has 3 aromatic rings. The Bertz CT molecular complexity index is 1040. The lowest BCUT2D eigenvalue weighted by Crippen LogP contribution is -2.11. The first-order valence-corrected chi connectivity index (χ1v) is 9.71. The van der Waals surface area contributed by atoms with Gasteiger partial charge in [0.25, 0.3) is 10.0 Å². The van der Waals surface area contributed by atoms with E-state index in [1.165, 1.54) is 36.4 Å². The van der Waals surface area contributed by atoms with Crippen LogP contribution < -0.4 is 4.72 Å². The number of thiophene rings is 1. The predicted molar refractivity (Wildman–Crippen MR) is 93.0 cm³/mol. The molecule has 0 aliphatic heterocycles. The van der Waals surface area contributed by atoms with Crippen LogP contribution in [0.5, 0.6) is 0 Å². The molecule has 0 aliphatic rings. The molecule has 1 aromatic carbocycles. The van der Waals surface area contributed by atoms with Crippen molar-refractivity contribution in [3.05, 3.63) is 54.0 Å². The third-order valence-corrected chi connectivity index (χ3v) is 6.13. The molecule has 0 atom stereocenters. The van der Waals surface area contributed by atoms with Crippen LogP contribution in [0.25, 0.3) is 10.6 Å². The molecular formula is C16H13FN2O5S2. The number of anilines is 1. The summed E-state index contributed by atoms with van der Waals surface area (Å²) in [5.41, 5.74) is 0.113. The largest absolute Gasteiger partial charge is 0.461 e. The third-order valence-electron chi connectivity index (χ3n) is 3.16. The van der Waals surface area contributed by atoms with E-state index >= 15 is 0 Å². The summed E-state index contributed by atoms with van der Waals surface area (Å²) in [5, 5.41) is 3.61. The quantitative estimate of drug-likeness (QED) is 0.640. The molecule has 0 amide bonds. The van der Waals surface area contributed by atoms with Crippen LogP contribution in [0.4, 0.5) is 10.1 Å². The van der Waals surface area contributed by atoms with E-state index in [0.717, 1.165) is 17.4 Å². The number of halogens is 1. The summed E-state index contributed by atoms with van der Waals surface area (Å²) in [6, 6.07) is 9.42. The Hall–Kier alpha value is -2.72. The van der Waals surface area contributed by atoms with Gasteiger partial charge in [-0.2, -0.15) is 0 Å². The molecule has 0 fully saturated rings. The molecule has 0 unspecified atom stereocenters. The zero-order chi connectivity index (χ0) is 18.7. The number of nitrogens with one attached hydrogen (secondary N) is 1. The summed E-state index contributed by atoms with van der Waals surface area (Å²) in [7, 11) is -3.89. The summed E-state index contributed by atoms with van der Waals surface area (Å²) in [6.45, 7) is 1.87. The van der Waals surface area contributed by atoms with Crippen molar-refractivity contribution in [3.8, 4) is 10.6 Å². The van der Waals surface area contributed by atoms with Gasteiger partial charge in [0.1, 0.15) is 10.0 Å². The minimum absolute atomic E-state index is 0.00228. The van der Waals surface area contributed by atoms with E-state index in [1.807, 2.05) is 0 Å². The maximum absolute atomic E-state index is 13.2. The van der Waals surface area contributed by atoms with Gasteiger partial charge in [-0.25, -0.2) is 17.6 Å². The van der Waals surface area contributed by atoms with Gasteiger partial charge in [0.15, 0.2) is 11.5 Å². The first kappa shape index (κ1) is 18.1. The number of rotatable bonds is 6. The fourth-order valence-corrected chi connectivity index (χ4v) is 4.35. The number of sulfonamides is 1. The highest BCUT2D eigenvalue weighted by Gasteiger charge is 2.20. The number of benzene rings is 1. The number of esters is 1. The van der Waals surface area contributed by atoms with Crippen LogP contribution in [-0.4, -0.2) is 26.2 Å². The molecule has 26 heavy (non-hydrogen) atoms. The molecule has 136 valence electrons. The molecular weight excluding hydrogens is 383 g/mol. The molecule has 0 saturated heterocycles. The number of nitrogens with zero attached hydrogens (tertiary/aromatic N) is 1. The van der Waals surface area contributed by atoms with Crippen molar-refractivity contribution in [2.45, 2.75) is 11.1 Å². The van der Waals surface area contributed by atoms with Crippen molar-refractivity contribution < 1.29 is 26.9 Å². The van der Waals surface area contributed by atoms with E-state index < -0.39 is 21.8 Å². The van der Waals surface area contributed by atoms with Gasteiger partial charge in [-0.3, -0.25) is 4.72 Å². The molecule has 0 bridgehead atoms. The zero-order valence-corrected chi connectivity index (χ0v) is 15.1. The molecule has 2 heterocycles. The molecule has 0 radical (unpaired) electrons. The second kappa shape index (κ2) is 7.26. The van der Waals surface area contributed by atoms with Crippen molar-refractivity contribution in [1.29, 1.82) is 0 Å². The number of hydrogen-bond donors (Lipinski definition) is 1. The van der Waals surface area contributed by atoms with Gasteiger partial charge >= 0.3 is 5.97 Å². The smallest absolute Gasteiger partial charge is 0.360 e. The van der Waals surface area contributed by atoms with E-state index in [9.17, 15) is 17.6 Å². The lowest BCUT2D eigenvalue weighted by molar-refractivity contribution is 0.0514. The van der Waals surface area contributed by atoms with Crippen LogP contribution in [0, 0.1) is 5.82 Å². The Morgan fingerprint density at radius 3 is 2.85 bits per heavy atom. The van der Waals surface area contributed by atoms with Crippen molar-refractivity contribution in [2.24, 2.45) is 0 Å². The fourth-order valence-electron chi connectivity index (χ4n) is 2.05. The monoisotopic (exact) mass is 396 g/mol. The maximum Gasteiger partial charge on any atom is 0.360 e. The number of carbonyl (C=O) groups excluding carboxylic acids is 1. The Morgan fingerprint density at radius 2 is 2.12 bits per heavy atom. The molecule has 2 aromatic heterocycles. The highest BCUT2D eigenvalue weighted by atomic mass is 32.2. The van der Waals surface area contributed by atoms with Crippen LogP contribution in [0.3, 0.4) is 0 Å². The fraction of sp³-hybridized carbons (Fsp3) is 0.125. The second-order valence-electron chi connectivity index (χ2n) is 5.03. The van der Waals surface area contributed by atoms with E-state index in [4.69, 9.17) is 9.26 Å². The van der Waals surface area contributed by atoms with Gasteiger partial charge in [0.2, 0.25) is 0 Å². The predicted octanol–water partition coefficient (Wildman–Crippen LogP) is 3.52. The Kier molecular flexibility index (Phi) is 5.05. The minimum Gasteiger partial charge on any atom is -0.461 e. The van der Waals surface area contributed by atoms with Crippen LogP contribution in [0.15, 0.2) is 51.2 Å². The lowest BCUT2D eigenvalue weighted by atomic mass is 10.3. The van der Waals surface area contributed by atoms with Gasteiger partial charge in [0, 0.05) is 6.07 Å². The van der Waals surface area contributed by atoms with Crippen molar-refractivity contribution in [2.75, 3.05) is 11.3 Å². The molecule has 7 nitrogen and oxygen atoms in total. The zero-order valence-electron chi connectivity index (χ0n) is 13.4. The van der Waals surface area contributed by atoms with Crippen molar-refractivity contribution >= 4 is 33.0 Å². The average Bonchev–Trinajstić information content (AvgIpc) is 3.24. The number of carbonyl (C=O) groups is 1. The van der Waals surface area contributed by atoms with Crippen LogP contribution in [0.1, 0.15) is 17.4 Å². The van der Waals surface area contributed by atoms with Crippen molar-refractivity contribution in [3.63, 3.8) is 0 Å². The number of ether oxygens (including phenoxy) is 1. The molecule has 10 heteroatoms. The summed E-state index contributed by atoms with van der Waals surface area (Å²) in [4.78, 5) is 12.1. The van der Waals surface area contributed by atoms with Gasteiger partial charge < -0.3 is 9.26 Å². The number of aromatic nitrogens is 1. The van der Waals surface area contributed by atoms with Crippen LogP contribution in [0.2, 0.25) is 0 Å². The standard InChI is InChI=1S/C16H13FN2O5S2/c1-2-23-16(20)12-9-13(24-18-12)14-6-7-15(25-14)26(21,22)19-11-5-3-4-10(17)8-11/h3-9,19H,2H2,1H3. The second-order valence-corrected chi connectivity index (χ2v) is 8.02. The number of hydrogen-bond acceptors (Lipinski definition) is 7.